The zero-order valence-electron chi connectivity index (χ0n) is 12.0. The number of carbonyl (C=O) groups is 1. The molecule has 2 aromatic rings. The first-order chi connectivity index (χ1) is 9.61. The third-order valence-electron chi connectivity index (χ3n) is 3.22. The van der Waals surface area contributed by atoms with Crippen molar-refractivity contribution in [1.29, 1.82) is 0 Å². The standard InChI is InChI=1S/C15H20N4O/c1-4-16-14-6-5-12(7-10(14)2)15(20)19-11(3)13-8-17-18-9-13/h5-9,11,16H,4H2,1-3H3,(H,17,18)(H,19,20). The smallest absolute Gasteiger partial charge is 0.251 e. The van der Waals surface area contributed by atoms with E-state index in [1.54, 1.807) is 12.4 Å². The van der Waals surface area contributed by atoms with Crippen molar-refractivity contribution in [3.05, 3.63) is 47.3 Å². The molecule has 5 heteroatoms. The molecule has 1 aromatic heterocycles. The third-order valence-corrected chi connectivity index (χ3v) is 3.22. The monoisotopic (exact) mass is 272 g/mol. The van der Waals surface area contributed by atoms with Crippen LogP contribution in [0, 0.1) is 6.92 Å². The highest BCUT2D eigenvalue weighted by Crippen LogP contribution is 2.17. The average Bonchev–Trinajstić information content (AvgIpc) is 2.95. The summed E-state index contributed by atoms with van der Waals surface area (Å²) >= 11 is 0. The predicted octanol–water partition coefficient (Wildman–Crippen LogP) is 2.64. The Hall–Kier alpha value is -2.30. The Bertz CT molecular complexity index is 578. The number of aromatic nitrogens is 2. The second-order valence-corrected chi connectivity index (χ2v) is 4.79. The highest BCUT2D eigenvalue weighted by molar-refractivity contribution is 5.95. The summed E-state index contributed by atoms with van der Waals surface area (Å²) < 4.78 is 0. The molecule has 0 saturated carbocycles. The third kappa shape index (κ3) is 3.17. The Morgan fingerprint density at radius 3 is 2.85 bits per heavy atom. The predicted molar refractivity (Wildman–Crippen MR) is 79.8 cm³/mol. The lowest BCUT2D eigenvalue weighted by molar-refractivity contribution is 0.0940. The Kier molecular flexibility index (Phi) is 4.40. The number of hydrogen-bond donors (Lipinski definition) is 3. The maximum Gasteiger partial charge on any atom is 0.251 e. The lowest BCUT2D eigenvalue weighted by atomic mass is 10.1. The number of H-pyrrole nitrogens is 1. The average molecular weight is 272 g/mol. The molecule has 0 fully saturated rings. The maximum absolute atomic E-state index is 12.2. The number of anilines is 1. The summed E-state index contributed by atoms with van der Waals surface area (Å²) in [6.07, 6.45) is 3.49. The fourth-order valence-electron chi connectivity index (χ4n) is 2.05. The zero-order chi connectivity index (χ0) is 14.5. The van der Waals surface area contributed by atoms with Gasteiger partial charge in [-0.3, -0.25) is 9.89 Å². The van der Waals surface area contributed by atoms with Crippen LogP contribution < -0.4 is 10.6 Å². The van der Waals surface area contributed by atoms with Crippen LogP contribution in [0.5, 0.6) is 0 Å². The van der Waals surface area contributed by atoms with Gasteiger partial charge >= 0.3 is 0 Å². The van der Waals surface area contributed by atoms with E-state index in [2.05, 4.69) is 20.8 Å². The van der Waals surface area contributed by atoms with Gasteiger partial charge < -0.3 is 10.6 Å². The van der Waals surface area contributed by atoms with Gasteiger partial charge in [0.25, 0.3) is 5.91 Å². The van der Waals surface area contributed by atoms with Crippen LogP contribution in [0.15, 0.2) is 30.6 Å². The highest BCUT2D eigenvalue weighted by Gasteiger charge is 2.12. The van der Waals surface area contributed by atoms with Gasteiger partial charge in [0.1, 0.15) is 0 Å². The molecule has 0 aliphatic heterocycles. The van der Waals surface area contributed by atoms with Crippen LogP contribution in [-0.2, 0) is 0 Å². The van der Waals surface area contributed by atoms with Crippen LogP contribution in [0.25, 0.3) is 0 Å². The first-order valence-corrected chi connectivity index (χ1v) is 6.76. The number of benzene rings is 1. The van der Waals surface area contributed by atoms with E-state index in [-0.39, 0.29) is 11.9 Å². The van der Waals surface area contributed by atoms with E-state index in [9.17, 15) is 4.79 Å². The number of amides is 1. The van der Waals surface area contributed by atoms with E-state index in [0.717, 1.165) is 23.4 Å². The van der Waals surface area contributed by atoms with Crippen molar-refractivity contribution in [3.63, 3.8) is 0 Å². The quantitative estimate of drug-likeness (QED) is 0.783. The Labute approximate surface area is 118 Å². The Balaban J connectivity index is 2.07. The molecule has 1 heterocycles. The topological polar surface area (TPSA) is 69.8 Å². The molecule has 1 atom stereocenters. The van der Waals surface area contributed by atoms with E-state index in [0.29, 0.717) is 5.56 Å². The van der Waals surface area contributed by atoms with E-state index in [1.165, 1.54) is 0 Å². The summed E-state index contributed by atoms with van der Waals surface area (Å²) in [4.78, 5) is 12.2. The lowest BCUT2D eigenvalue weighted by Gasteiger charge is -2.13. The molecule has 0 spiro atoms. The van der Waals surface area contributed by atoms with Crippen LogP contribution >= 0.6 is 0 Å². The molecule has 5 nitrogen and oxygen atoms in total. The van der Waals surface area contributed by atoms with Gasteiger partial charge in [0.2, 0.25) is 0 Å². The van der Waals surface area contributed by atoms with E-state index in [1.807, 2.05) is 39.0 Å². The van der Waals surface area contributed by atoms with Gasteiger partial charge in [-0.15, -0.1) is 0 Å². The van der Waals surface area contributed by atoms with Crippen LogP contribution in [-0.4, -0.2) is 22.6 Å². The molecular formula is C15H20N4O. The van der Waals surface area contributed by atoms with Crippen LogP contribution in [0.1, 0.15) is 41.4 Å². The van der Waals surface area contributed by atoms with Crippen LogP contribution in [0.2, 0.25) is 0 Å². The molecule has 0 aliphatic rings. The minimum absolute atomic E-state index is 0.0741. The van der Waals surface area contributed by atoms with Gasteiger partial charge in [-0.2, -0.15) is 5.10 Å². The highest BCUT2D eigenvalue weighted by atomic mass is 16.1. The fourth-order valence-corrected chi connectivity index (χ4v) is 2.05. The van der Waals surface area contributed by atoms with Crippen molar-refractivity contribution in [2.75, 3.05) is 11.9 Å². The second kappa shape index (κ2) is 6.23. The summed E-state index contributed by atoms with van der Waals surface area (Å²) in [5.41, 5.74) is 3.75. The van der Waals surface area contributed by atoms with Crippen molar-refractivity contribution in [2.45, 2.75) is 26.8 Å². The molecular weight excluding hydrogens is 252 g/mol. The molecule has 1 aromatic carbocycles. The van der Waals surface area contributed by atoms with E-state index >= 15 is 0 Å². The second-order valence-electron chi connectivity index (χ2n) is 4.79. The maximum atomic E-state index is 12.2. The summed E-state index contributed by atoms with van der Waals surface area (Å²) in [5.74, 6) is -0.0788. The van der Waals surface area contributed by atoms with Gasteiger partial charge in [-0.05, 0) is 44.5 Å². The van der Waals surface area contributed by atoms with Crippen molar-refractivity contribution in [2.24, 2.45) is 0 Å². The summed E-state index contributed by atoms with van der Waals surface area (Å²) in [6, 6.07) is 5.60. The van der Waals surface area contributed by atoms with Crippen molar-refractivity contribution >= 4 is 11.6 Å². The molecule has 0 bridgehead atoms. The largest absolute Gasteiger partial charge is 0.385 e. The van der Waals surface area contributed by atoms with Crippen LogP contribution in [0.4, 0.5) is 5.69 Å². The molecule has 106 valence electrons. The number of nitrogens with one attached hydrogen (secondary N) is 3. The van der Waals surface area contributed by atoms with E-state index < -0.39 is 0 Å². The Morgan fingerprint density at radius 1 is 1.45 bits per heavy atom. The van der Waals surface area contributed by atoms with Gasteiger partial charge in [0.15, 0.2) is 0 Å². The molecule has 0 saturated heterocycles. The molecule has 1 amide bonds. The first-order valence-electron chi connectivity index (χ1n) is 6.76. The lowest BCUT2D eigenvalue weighted by Crippen LogP contribution is -2.26. The normalized spacial score (nSPS) is 11.9. The molecule has 0 aliphatic carbocycles. The van der Waals surface area contributed by atoms with Crippen molar-refractivity contribution < 1.29 is 4.79 Å². The molecule has 2 rings (SSSR count). The molecule has 0 radical (unpaired) electrons. The van der Waals surface area contributed by atoms with Gasteiger partial charge in [0, 0.05) is 29.6 Å². The van der Waals surface area contributed by atoms with E-state index in [4.69, 9.17) is 0 Å². The van der Waals surface area contributed by atoms with Crippen molar-refractivity contribution in [3.8, 4) is 0 Å². The fraction of sp³-hybridized carbons (Fsp3) is 0.333. The number of aromatic amines is 1. The Morgan fingerprint density at radius 2 is 2.25 bits per heavy atom. The van der Waals surface area contributed by atoms with Gasteiger partial charge in [-0.25, -0.2) is 0 Å². The number of aryl methyl sites for hydroxylation is 1. The number of rotatable bonds is 5. The molecule has 3 N–H and O–H groups in total. The summed E-state index contributed by atoms with van der Waals surface area (Å²) in [5, 5.41) is 12.8. The van der Waals surface area contributed by atoms with Gasteiger partial charge in [-0.1, -0.05) is 0 Å². The number of carbonyl (C=O) groups excluding carboxylic acids is 1. The number of nitrogens with zero attached hydrogens (tertiary/aromatic N) is 1. The van der Waals surface area contributed by atoms with Gasteiger partial charge in [0.05, 0.1) is 12.2 Å². The summed E-state index contributed by atoms with van der Waals surface area (Å²) in [7, 11) is 0. The molecule has 1 unspecified atom stereocenters. The minimum Gasteiger partial charge on any atom is -0.385 e. The number of hydrogen-bond acceptors (Lipinski definition) is 3. The summed E-state index contributed by atoms with van der Waals surface area (Å²) in [6.45, 7) is 6.84. The minimum atomic E-state index is -0.0788. The first kappa shape index (κ1) is 14.1. The van der Waals surface area contributed by atoms with Crippen molar-refractivity contribution in [1.82, 2.24) is 15.5 Å². The molecule has 20 heavy (non-hydrogen) atoms. The SMILES string of the molecule is CCNc1ccc(C(=O)NC(C)c2cn[nH]c2)cc1C. The zero-order valence-corrected chi connectivity index (χ0v) is 12.0. The van der Waals surface area contributed by atoms with Crippen LogP contribution in [0.3, 0.4) is 0 Å².